The average molecular weight is 379 g/mol. The number of carbonyl (C=O) groups is 1. The topological polar surface area (TPSA) is 63.2 Å². The van der Waals surface area contributed by atoms with Gasteiger partial charge < -0.3 is 15.4 Å². The van der Waals surface area contributed by atoms with E-state index in [4.69, 9.17) is 4.74 Å². The number of halogens is 1. The number of anilines is 3. The minimum absolute atomic E-state index is 0.0303. The van der Waals surface area contributed by atoms with Gasteiger partial charge in [-0.3, -0.25) is 4.79 Å². The number of hydrogen-bond acceptors (Lipinski definition) is 4. The monoisotopic (exact) mass is 379 g/mol. The van der Waals surface area contributed by atoms with Gasteiger partial charge in [0.05, 0.1) is 24.4 Å². The second-order valence-electron chi connectivity index (χ2n) is 6.56. The van der Waals surface area contributed by atoms with E-state index in [0.717, 1.165) is 11.4 Å². The van der Waals surface area contributed by atoms with Gasteiger partial charge in [0, 0.05) is 5.69 Å². The highest BCUT2D eigenvalue weighted by Gasteiger charge is 2.08. The maximum atomic E-state index is 13.6. The Bertz CT molecular complexity index is 925. The third-order valence-corrected chi connectivity index (χ3v) is 3.85. The molecular formula is C22H22FN3O2. The Balaban J connectivity index is 1.56. The molecule has 0 atom stereocenters. The maximum Gasteiger partial charge on any atom is 0.228 e. The van der Waals surface area contributed by atoms with E-state index in [-0.39, 0.29) is 24.2 Å². The molecule has 6 heteroatoms. The Labute approximate surface area is 163 Å². The fraction of sp³-hybridized carbons (Fsp3) is 0.182. The third-order valence-electron chi connectivity index (χ3n) is 3.85. The number of carbonyl (C=O) groups excluding carboxylic acids is 1. The van der Waals surface area contributed by atoms with Crippen LogP contribution < -0.4 is 15.4 Å². The molecule has 0 fully saturated rings. The number of amides is 1. The zero-order valence-electron chi connectivity index (χ0n) is 15.8. The van der Waals surface area contributed by atoms with Crippen molar-refractivity contribution in [2.75, 3.05) is 10.6 Å². The average Bonchev–Trinajstić information content (AvgIpc) is 2.66. The van der Waals surface area contributed by atoms with Crippen molar-refractivity contribution in [2.45, 2.75) is 26.4 Å². The highest BCUT2D eigenvalue weighted by Crippen LogP contribution is 2.20. The normalized spacial score (nSPS) is 10.6. The first-order chi connectivity index (χ1) is 13.5. The zero-order chi connectivity index (χ0) is 19.9. The highest BCUT2D eigenvalue weighted by atomic mass is 19.1. The summed E-state index contributed by atoms with van der Waals surface area (Å²) in [5, 5.41) is 5.91. The van der Waals surface area contributed by atoms with Crippen LogP contribution in [0.2, 0.25) is 0 Å². The van der Waals surface area contributed by atoms with Crippen LogP contribution in [0, 0.1) is 5.82 Å². The summed E-state index contributed by atoms with van der Waals surface area (Å²) < 4.78 is 19.2. The minimum atomic E-state index is -0.389. The van der Waals surface area contributed by atoms with Crippen molar-refractivity contribution in [1.29, 1.82) is 0 Å². The van der Waals surface area contributed by atoms with Crippen LogP contribution in [0.1, 0.15) is 19.4 Å². The van der Waals surface area contributed by atoms with Crippen molar-refractivity contribution in [2.24, 2.45) is 0 Å². The first kappa shape index (κ1) is 19.4. The molecule has 0 bridgehead atoms. The van der Waals surface area contributed by atoms with Crippen molar-refractivity contribution >= 4 is 23.1 Å². The molecule has 1 heterocycles. The first-order valence-electron chi connectivity index (χ1n) is 9.02. The van der Waals surface area contributed by atoms with E-state index < -0.39 is 0 Å². The molecule has 0 aliphatic rings. The van der Waals surface area contributed by atoms with Gasteiger partial charge in [0.2, 0.25) is 5.91 Å². The number of hydrogen-bond donors (Lipinski definition) is 2. The van der Waals surface area contributed by atoms with Crippen molar-refractivity contribution < 1.29 is 13.9 Å². The Morgan fingerprint density at radius 3 is 2.39 bits per heavy atom. The van der Waals surface area contributed by atoms with E-state index in [1.807, 2.05) is 38.1 Å². The molecular weight excluding hydrogens is 357 g/mol. The highest BCUT2D eigenvalue weighted by molar-refractivity contribution is 5.92. The number of rotatable bonds is 7. The molecule has 5 nitrogen and oxygen atoms in total. The van der Waals surface area contributed by atoms with Crippen molar-refractivity contribution in [3.8, 4) is 5.75 Å². The Kier molecular flexibility index (Phi) is 6.22. The smallest absolute Gasteiger partial charge is 0.228 e. The number of ether oxygens (including phenoxy) is 1. The summed E-state index contributed by atoms with van der Waals surface area (Å²) in [6, 6.07) is 17.3. The van der Waals surface area contributed by atoms with Gasteiger partial charge >= 0.3 is 0 Å². The Hall–Kier alpha value is -3.41. The second-order valence-corrected chi connectivity index (χ2v) is 6.56. The molecule has 2 N–H and O–H groups in total. The van der Waals surface area contributed by atoms with Crippen molar-refractivity contribution in [1.82, 2.24) is 4.98 Å². The molecule has 3 rings (SSSR count). The minimum Gasteiger partial charge on any atom is -0.491 e. The van der Waals surface area contributed by atoms with Gasteiger partial charge in [-0.25, -0.2) is 9.37 Å². The standard InChI is InChI=1S/C22H22FN3O2/c1-15(2)28-19-10-7-17(8-11-19)25-21-12-9-18(14-24-21)26-22(27)13-16-5-3-4-6-20(16)23/h3-12,14-15H,13H2,1-2H3,(H,24,25)(H,26,27). The van der Waals surface area contributed by atoms with Gasteiger partial charge in [-0.1, -0.05) is 18.2 Å². The van der Waals surface area contributed by atoms with Crippen LogP contribution in [-0.4, -0.2) is 17.0 Å². The number of nitrogens with zero attached hydrogens (tertiary/aromatic N) is 1. The van der Waals surface area contributed by atoms with Crippen LogP contribution in [0.5, 0.6) is 5.75 Å². The van der Waals surface area contributed by atoms with E-state index in [1.54, 1.807) is 36.5 Å². The predicted octanol–water partition coefficient (Wildman–Crippen LogP) is 4.93. The first-order valence-corrected chi connectivity index (χ1v) is 9.02. The zero-order valence-corrected chi connectivity index (χ0v) is 15.8. The van der Waals surface area contributed by atoms with E-state index in [1.165, 1.54) is 6.07 Å². The van der Waals surface area contributed by atoms with Crippen LogP contribution in [0.15, 0.2) is 66.9 Å². The molecule has 144 valence electrons. The van der Waals surface area contributed by atoms with Crippen LogP contribution >= 0.6 is 0 Å². The second kappa shape index (κ2) is 8.99. The summed E-state index contributed by atoms with van der Waals surface area (Å²) in [6.45, 7) is 3.96. The van der Waals surface area contributed by atoms with Gasteiger partial charge in [-0.2, -0.15) is 0 Å². The quantitative estimate of drug-likeness (QED) is 0.611. The predicted molar refractivity (Wildman–Crippen MR) is 108 cm³/mol. The van der Waals surface area contributed by atoms with Crippen LogP contribution in [0.4, 0.5) is 21.6 Å². The summed E-state index contributed by atoms with van der Waals surface area (Å²) in [5.74, 6) is 0.763. The molecule has 0 saturated carbocycles. The fourth-order valence-electron chi connectivity index (χ4n) is 2.60. The Morgan fingerprint density at radius 2 is 1.75 bits per heavy atom. The lowest BCUT2D eigenvalue weighted by Crippen LogP contribution is -2.15. The van der Waals surface area contributed by atoms with E-state index in [0.29, 0.717) is 17.1 Å². The molecule has 1 aromatic heterocycles. The number of pyridine rings is 1. The third kappa shape index (κ3) is 5.54. The summed E-state index contributed by atoms with van der Waals surface area (Å²) in [7, 11) is 0. The van der Waals surface area contributed by atoms with Gasteiger partial charge in [0.1, 0.15) is 17.4 Å². The van der Waals surface area contributed by atoms with Gasteiger partial charge in [-0.05, 0) is 61.9 Å². The molecule has 0 unspecified atom stereocenters. The van der Waals surface area contributed by atoms with Gasteiger partial charge in [0.25, 0.3) is 0 Å². The number of aromatic nitrogens is 1. The van der Waals surface area contributed by atoms with E-state index >= 15 is 0 Å². The lowest BCUT2D eigenvalue weighted by molar-refractivity contribution is -0.115. The maximum absolute atomic E-state index is 13.6. The van der Waals surface area contributed by atoms with Gasteiger partial charge in [-0.15, -0.1) is 0 Å². The van der Waals surface area contributed by atoms with Crippen molar-refractivity contribution in [3.63, 3.8) is 0 Å². The summed E-state index contributed by atoms with van der Waals surface area (Å²) in [6.07, 6.45) is 1.65. The lowest BCUT2D eigenvalue weighted by Gasteiger charge is -2.11. The molecule has 1 amide bonds. The summed E-state index contributed by atoms with van der Waals surface area (Å²) >= 11 is 0. The number of nitrogens with one attached hydrogen (secondary N) is 2. The molecule has 0 aliphatic carbocycles. The molecule has 0 spiro atoms. The van der Waals surface area contributed by atoms with E-state index in [2.05, 4.69) is 15.6 Å². The van der Waals surface area contributed by atoms with E-state index in [9.17, 15) is 9.18 Å². The van der Waals surface area contributed by atoms with Crippen LogP contribution in [0.25, 0.3) is 0 Å². The molecule has 2 aromatic carbocycles. The molecule has 0 aliphatic heterocycles. The van der Waals surface area contributed by atoms with Crippen molar-refractivity contribution in [3.05, 3.63) is 78.2 Å². The largest absolute Gasteiger partial charge is 0.491 e. The fourth-order valence-corrected chi connectivity index (χ4v) is 2.60. The lowest BCUT2D eigenvalue weighted by atomic mass is 10.1. The van der Waals surface area contributed by atoms with Crippen LogP contribution in [0.3, 0.4) is 0 Å². The summed E-state index contributed by atoms with van der Waals surface area (Å²) in [4.78, 5) is 16.4. The number of benzene rings is 2. The SMILES string of the molecule is CC(C)Oc1ccc(Nc2ccc(NC(=O)Cc3ccccc3F)cn2)cc1. The molecule has 3 aromatic rings. The molecule has 0 radical (unpaired) electrons. The van der Waals surface area contributed by atoms with Gasteiger partial charge in [0.15, 0.2) is 0 Å². The molecule has 28 heavy (non-hydrogen) atoms. The molecule has 0 saturated heterocycles. The Morgan fingerprint density at radius 1 is 1.04 bits per heavy atom. The van der Waals surface area contributed by atoms with Crippen LogP contribution in [-0.2, 0) is 11.2 Å². The summed E-state index contributed by atoms with van der Waals surface area (Å²) in [5.41, 5.74) is 1.78.